The summed E-state index contributed by atoms with van der Waals surface area (Å²) in [5, 5.41) is 0. The molecule has 2 atom stereocenters. The van der Waals surface area contributed by atoms with Gasteiger partial charge in [-0.2, -0.15) is 0 Å². The van der Waals surface area contributed by atoms with E-state index in [4.69, 9.17) is 0 Å². The number of fused-ring (bicyclic) bond motifs is 2. The van der Waals surface area contributed by atoms with Crippen LogP contribution in [0.3, 0.4) is 0 Å². The fourth-order valence-electron chi connectivity index (χ4n) is 4.03. The zero-order chi connectivity index (χ0) is 17.6. The van der Waals surface area contributed by atoms with Crippen LogP contribution in [0.1, 0.15) is 52.1 Å². The van der Waals surface area contributed by atoms with E-state index >= 15 is 0 Å². The van der Waals surface area contributed by atoms with E-state index in [0.717, 1.165) is 17.5 Å². The Balaban J connectivity index is 1.79. The van der Waals surface area contributed by atoms with Crippen LogP contribution in [-0.2, 0) is 0 Å². The van der Waals surface area contributed by atoms with Crippen LogP contribution in [-0.4, -0.2) is 11.6 Å². The third-order valence-electron chi connectivity index (χ3n) is 5.32. The first-order valence-electron chi connectivity index (χ1n) is 8.69. The fourth-order valence-corrected chi connectivity index (χ4v) is 4.03. The number of hydrogen-bond donors (Lipinski definition) is 0. The molecule has 2 aromatic carbocycles. The molecule has 2 aliphatic carbocycles. The number of hydrogen-bond acceptors (Lipinski definition) is 2. The molecule has 2 aromatic rings. The largest absolute Gasteiger partial charge is 0.295 e. The van der Waals surface area contributed by atoms with Gasteiger partial charge in [-0.15, -0.1) is 0 Å². The first-order valence-corrected chi connectivity index (χ1v) is 8.69. The van der Waals surface area contributed by atoms with Crippen molar-refractivity contribution in [1.82, 2.24) is 0 Å². The second kappa shape index (κ2) is 5.96. The molecule has 2 bridgehead atoms. The normalized spacial score (nSPS) is 21.0. The number of ketones is 2. The van der Waals surface area contributed by atoms with Crippen molar-refractivity contribution in [3.63, 3.8) is 0 Å². The maximum Gasteiger partial charge on any atom is 0.159 e. The van der Waals surface area contributed by atoms with Crippen molar-refractivity contribution in [2.45, 2.75) is 20.3 Å². The lowest BCUT2D eigenvalue weighted by atomic mass is 9.86. The van der Waals surface area contributed by atoms with Crippen LogP contribution in [0.25, 0.3) is 11.1 Å². The number of rotatable bonds is 4. The van der Waals surface area contributed by atoms with Gasteiger partial charge in [0.15, 0.2) is 11.6 Å². The minimum absolute atomic E-state index is 0.0911. The SMILES string of the molecule is CC(=O)c1ccc(C2=C(c3ccc(C(C)=O)cc3)C3C=CC2C3)cc1. The van der Waals surface area contributed by atoms with Gasteiger partial charge in [0.2, 0.25) is 0 Å². The molecule has 0 aliphatic heterocycles. The van der Waals surface area contributed by atoms with E-state index in [0.29, 0.717) is 11.8 Å². The smallest absolute Gasteiger partial charge is 0.159 e. The van der Waals surface area contributed by atoms with Gasteiger partial charge in [0.1, 0.15) is 0 Å². The van der Waals surface area contributed by atoms with E-state index < -0.39 is 0 Å². The van der Waals surface area contributed by atoms with Crippen LogP contribution < -0.4 is 0 Å². The number of benzene rings is 2. The van der Waals surface area contributed by atoms with E-state index in [-0.39, 0.29) is 11.6 Å². The van der Waals surface area contributed by atoms with Crippen molar-refractivity contribution in [2.24, 2.45) is 11.8 Å². The van der Waals surface area contributed by atoms with Gasteiger partial charge >= 0.3 is 0 Å². The molecule has 2 nitrogen and oxygen atoms in total. The molecule has 0 amide bonds. The van der Waals surface area contributed by atoms with Crippen molar-refractivity contribution in [2.75, 3.05) is 0 Å². The average Bonchev–Trinajstić information content (AvgIpc) is 3.23. The maximum atomic E-state index is 11.5. The highest BCUT2D eigenvalue weighted by Gasteiger charge is 2.36. The van der Waals surface area contributed by atoms with Gasteiger partial charge in [-0.25, -0.2) is 0 Å². The van der Waals surface area contributed by atoms with E-state index in [2.05, 4.69) is 36.4 Å². The van der Waals surface area contributed by atoms with Gasteiger partial charge in [0.25, 0.3) is 0 Å². The van der Waals surface area contributed by atoms with Gasteiger partial charge in [0, 0.05) is 23.0 Å². The van der Waals surface area contributed by atoms with Gasteiger partial charge in [0.05, 0.1) is 0 Å². The Hall–Kier alpha value is -2.74. The highest BCUT2D eigenvalue weighted by atomic mass is 16.1. The van der Waals surface area contributed by atoms with Crippen molar-refractivity contribution in [3.8, 4) is 0 Å². The van der Waals surface area contributed by atoms with Crippen LogP contribution in [0.4, 0.5) is 0 Å². The van der Waals surface area contributed by atoms with E-state index in [9.17, 15) is 9.59 Å². The standard InChI is InChI=1S/C23H20O2/c1-14(24)16-3-7-18(8-4-16)22-20-11-12-21(13-20)23(22)19-9-5-17(6-10-19)15(2)25/h3-12,20-21H,13H2,1-2H3. The minimum Gasteiger partial charge on any atom is -0.295 e. The third kappa shape index (κ3) is 2.68. The van der Waals surface area contributed by atoms with Crippen molar-refractivity contribution in [3.05, 3.63) is 82.9 Å². The van der Waals surface area contributed by atoms with E-state index in [1.54, 1.807) is 13.8 Å². The predicted octanol–water partition coefficient (Wildman–Crippen LogP) is 5.21. The first kappa shape index (κ1) is 15.8. The lowest BCUT2D eigenvalue weighted by Gasteiger charge is -2.18. The van der Waals surface area contributed by atoms with Crippen LogP contribution in [0.5, 0.6) is 0 Å². The number of carbonyl (C=O) groups excluding carboxylic acids is 2. The molecule has 2 unspecified atom stereocenters. The molecule has 0 saturated carbocycles. The highest BCUT2D eigenvalue weighted by Crippen LogP contribution is 2.52. The Morgan fingerprint density at radius 3 is 1.36 bits per heavy atom. The summed E-state index contributed by atoms with van der Waals surface area (Å²) in [7, 11) is 0. The van der Waals surface area contributed by atoms with Crippen molar-refractivity contribution in [1.29, 1.82) is 0 Å². The molecule has 4 rings (SSSR count). The summed E-state index contributed by atoms with van der Waals surface area (Å²) < 4.78 is 0. The summed E-state index contributed by atoms with van der Waals surface area (Å²) in [5.74, 6) is 1.06. The van der Waals surface area contributed by atoms with Gasteiger partial charge in [-0.1, -0.05) is 60.7 Å². The first-order chi connectivity index (χ1) is 12.0. The third-order valence-corrected chi connectivity index (χ3v) is 5.32. The molecule has 2 heteroatoms. The van der Waals surface area contributed by atoms with Crippen LogP contribution >= 0.6 is 0 Å². The van der Waals surface area contributed by atoms with Gasteiger partial charge in [-0.3, -0.25) is 9.59 Å². The Bertz CT molecular complexity index is 836. The minimum atomic E-state index is 0.0911. The van der Waals surface area contributed by atoms with Crippen molar-refractivity contribution >= 4 is 22.7 Å². The molecular formula is C23H20O2. The number of allylic oxidation sites excluding steroid dienone is 4. The summed E-state index contributed by atoms with van der Waals surface area (Å²) in [6.45, 7) is 3.19. The Morgan fingerprint density at radius 1 is 0.680 bits per heavy atom. The molecule has 124 valence electrons. The van der Waals surface area contributed by atoms with Gasteiger partial charge < -0.3 is 0 Å². The van der Waals surface area contributed by atoms with E-state index in [1.165, 1.54) is 22.3 Å². The van der Waals surface area contributed by atoms with E-state index in [1.807, 2.05) is 24.3 Å². The zero-order valence-corrected chi connectivity index (χ0v) is 14.5. The topological polar surface area (TPSA) is 34.1 Å². The molecule has 0 radical (unpaired) electrons. The van der Waals surface area contributed by atoms with Crippen LogP contribution in [0.15, 0.2) is 60.7 Å². The summed E-state index contributed by atoms with van der Waals surface area (Å²) in [4.78, 5) is 23.1. The lowest BCUT2D eigenvalue weighted by molar-refractivity contribution is 0.100. The Labute approximate surface area is 147 Å². The quantitative estimate of drug-likeness (QED) is 0.570. The van der Waals surface area contributed by atoms with Crippen molar-refractivity contribution < 1.29 is 9.59 Å². The summed E-state index contributed by atoms with van der Waals surface area (Å²) in [5.41, 5.74) is 6.59. The molecule has 2 aliphatic rings. The molecule has 0 aromatic heterocycles. The second-order valence-electron chi connectivity index (χ2n) is 6.93. The summed E-state index contributed by atoms with van der Waals surface area (Å²) >= 11 is 0. The lowest BCUT2D eigenvalue weighted by Crippen LogP contribution is -2.00. The molecule has 25 heavy (non-hydrogen) atoms. The molecule has 0 saturated heterocycles. The predicted molar refractivity (Wildman–Crippen MR) is 100 cm³/mol. The Morgan fingerprint density at radius 2 is 1.04 bits per heavy atom. The number of Topliss-reactive ketones (excluding diaryl/α,β-unsaturated/α-hetero) is 2. The monoisotopic (exact) mass is 328 g/mol. The maximum absolute atomic E-state index is 11.5. The molecule has 0 fully saturated rings. The number of carbonyl (C=O) groups is 2. The van der Waals surface area contributed by atoms with Crippen LogP contribution in [0, 0.1) is 11.8 Å². The Kier molecular flexibility index (Phi) is 3.76. The molecule has 0 N–H and O–H groups in total. The summed E-state index contributed by atoms with van der Waals surface area (Å²) in [6.07, 6.45) is 5.71. The van der Waals surface area contributed by atoms with Crippen LogP contribution in [0.2, 0.25) is 0 Å². The molecular weight excluding hydrogens is 308 g/mol. The highest BCUT2D eigenvalue weighted by molar-refractivity contribution is 6.00. The fraction of sp³-hybridized carbons (Fsp3) is 0.217. The zero-order valence-electron chi connectivity index (χ0n) is 14.5. The molecule has 0 spiro atoms. The summed E-state index contributed by atoms with van der Waals surface area (Å²) in [6, 6.07) is 15.9. The molecule has 0 heterocycles. The average molecular weight is 328 g/mol. The van der Waals surface area contributed by atoms with Gasteiger partial charge in [-0.05, 0) is 42.5 Å². The second-order valence-corrected chi connectivity index (χ2v) is 6.93.